The van der Waals surface area contributed by atoms with E-state index in [0.717, 1.165) is 27.7 Å². The molecule has 3 N–H and O–H groups in total. The van der Waals surface area contributed by atoms with E-state index in [1.165, 1.54) is 0 Å². The fraction of sp³-hybridized carbons (Fsp3) is 0.150. The van der Waals surface area contributed by atoms with Crippen LogP contribution in [0.2, 0.25) is 0 Å². The van der Waals surface area contributed by atoms with Crippen molar-refractivity contribution in [2.24, 2.45) is 0 Å². The summed E-state index contributed by atoms with van der Waals surface area (Å²) in [5, 5.41) is 22.0. The zero-order valence-electron chi connectivity index (χ0n) is 14.6. The summed E-state index contributed by atoms with van der Waals surface area (Å²) in [4.78, 5) is 9.13. The van der Waals surface area contributed by atoms with Crippen molar-refractivity contribution in [3.63, 3.8) is 0 Å². The zero-order chi connectivity index (χ0) is 18.1. The van der Waals surface area contributed by atoms with Crippen LogP contribution in [0.15, 0.2) is 54.6 Å². The molecular formula is C20H19N5O. The quantitative estimate of drug-likeness (QED) is 0.524. The molecule has 0 amide bonds. The fourth-order valence-electron chi connectivity index (χ4n) is 2.81. The molecule has 6 heteroatoms. The number of nitrogens with one attached hydrogen (secondary N) is 2. The average molecular weight is 345 g/mol. The fourth-order valence-corrected chi connectivity index (χ4v) is 2.81. The number of aliphatic hydroxyl groups excluding tert-OH is 1. The highest BCUT2D eigenvalue weighted by Gasteiger charge is 2.17. The molecule has 0 unspecified atom stereocenters. The number of fused-ring (bicyclic) bond motifs is 1. The molecule has 26 heavy (non-hydrogen) atoms. The standard InChI is InChI=1S/C20H19N5O/c1-12-7-9-14(10-8-12)18(26)20-21-16-6-4-3-5-15(16)19(23-20)22-17-11-13(2)24-25-17/h3-11,18,26H,1-2H3,(H2,21,22,23,24,25)/t18-/m1/s1. The molecule has 0 aliphatic carbocycles. The van der Waals surface area contributed by atoms with Gasteiger partial charge in [0.2, 0.25) is 0 Å². The highest BCUT2D eigenvalue weighted by Crippen LogP contribution is 2.27. The van der Waals surface area contributed by atoms with Gasteiger partial charge in [-0.1, -0.05) is 42.0 Å². The number of benzene rings is 2. The van der Waals surface area contributed by atoms with Gasteiger partial charge in [-0.2, -0.15) is 5.10 Å². The molecule has 0 radical (unpaired) electrons. The second-order valence-corrected chi connectivity index (χ2v) is 6.32. The zero-order valence-corrected chi connectivity index (χ0v) is 14.6. The monoisotopic (exact) mass is 345 g/mol. The minimum atomic E-state index is -0.901. The number of aryl methyl sites for hydroxylation is 2. The van der Waals surface area contributed by atoms with E-state index < -0.39 is 6.10 Å². The Labute approximate surface area is 151 Å². The number of para-hydroxylation sites is 1. The first-order valence-corrected chi connectivity index (χ1v) is 8.40. The molecule has 4 aromatic rings. The summed E-state index contributed by atoms with van der Waals surface area (Å²) in [7, 11) is 0. The van der Waals surface area contributed by atoms with Gasteiger partial charge in [-0.05, 0) is 31.5 Å². The lowest BCUT2D eigenvalue weighted by atomic mass is 10.1. The van der Waals surface area contributed by atoms with Gasteiger partial charge in [-0.3, -0.25) is 5.10 Å². The first-order valence-electron chi connectivity index (χ1n) is 8.40. The third kappa shape index (κ3) is 3.14. The van der Waals surface area contributed by atoms with Crippen molar-refractivity contribution in [1.29, 1.82) is 0 Å². The van der Waals surface area contributed by atoms with Crippen molar-refractivity contribution >= 4 is 22.5 Å². The van der Waals surface area contributed by atoms with Crippen LogP contribution in [0, 0.1) is 13.8 Å². The maximum Gasteiger partial charge on any atom is 0.164 e. The summed E-state index contributed by atoms with van der Waals surface area (Å²) < 4.78 is 0. The summed E-state index contributed by atoms with van der Waals surface area (Å²) in [5.41, 5.74) is 3.60. The van der Waals surface area contributed by atoms with Crippen LogP contribution in [-0.4, -0.2) is 25.3 Å². The van der Waals surface area contributed by atoms with Crippen LogP contribution in [0.4, 0.5) is 11.6 Å². The van der Waals surface area contributed by atoms with Crippen LogP contribution >= 0.6 is 0 Å². The van der Waals surface area contributed by atoms with E-state index >= 15 is 0 Å². The van der Waals surface area contributed by atoms with Crippen molar-refractivity contribution in [3.05, 3.63) is 77.2 Å². The van der Waals surface area contributed by atoms with E-state index in [2.05, 4.69) is 25.5 Å². The summed E-state index contributed by atoms with van der Waals surface area (Å²) in [6.45, 7) is 3.94. The Kier molecular flexibility index (Phi) is 4.10. The van der Waals surface area contributed by atoms with Crippen molar-refractivity contribution in [2.45, 2.75) is 20.0 Å². The summed E-state index contributed by atoms with van der Waals surface area (Å²) in [5.74, 6) is 1.63. The van der Waals surface area contributed by atoms with Crippen LogP contribution < -0.4 is 5.32 Å². The Morgan fingerprint density at radius 1 is 1.00 bits per heavy atom. The first kappa shape index (κ1) is 16.2. The lowest BCUT2D eigenvalue weighted by Crippen LogP contribution is -2.08. The number of aromatic nitrogens is 4. The van der Waals surface area contributed by atoms with E-state index in [1.54, 1.807) is 0 Å². The highest BCUT2D eigenvalue weighted by molar-refractivity contribution is 5.90. The maximum atomic E-state index is 10.8. The van der Waals surface area contributed by atoms with Gasteiger partial charge < -0.3 is 10.4 Å². The summed E-state index contributed by atoms with van der Waals surface area (Å²) in [6.07, 6.45) is -0.901. The van der Waals surface area contributed by atoms with Crippen molar-refractivity contribution in [1.82, 2.24) is 20.2 Å². The topological polar surface area (TPSA) is 86.7 Å². The molecule has 130 valence electrons. The average Bonchev–Trinajstić information content (AvgIpc) is 3.06. The van der Waals surface area contributed by atoms with Gasteiger partial charge in [0, 0.05) is 17.1 Å². The number of hydrogen-bond donors (Lipinski definition) is 3. The van der Waals surface area contributed by atoms with Crippen LogP contribution in [0.3, 0.4) is 0 Å². The van der Waals surface area contributed by atoms with E-state index in [9.17, 15) is 5.11 Å². The molecule has 0 aliphatic heterocycles. The molecule has 0 saturated carbocycles. The Morgan fingerprint density at radius 2 is 1.77 bits per heavy atom. The number of aliphatic hydroxyl groups is 1. The van der Waals surface area contributed by atoms with E-state index in [4.69, 9.17) is 0 Å². The number of hydrogen-bond acceptors (Lipinski definition) is 5. The van der Waals surface area contributed by atoms with Crippen molar-refractivity contribution < 1.29 is 5.11 Å². The van der Waals surface area contributed by atoms with E-state index in [1.807, 2.05) is 68.4 Å². The second kappa shape index (κ2) is 6.57. The molecule has 1 atom stereocenters. The van der Waals surface area contributed by atoms with Crippen LogP contribution in [-0.2, 0) is 0 Å². The van der Waals surface area contributed by atoms with Crippen LogP contribution in [0.25, 0.3) is 10.9 Å². The molecule has 4 rings (SSSR count). The molecule has 0 saturated heterocycles. The van der Waals surface area contributed by atoms with Gasteiger partial charge in [-0.25, -0.2) is 9.97 Å². The Balaban J connectivity index is 1.79. The Bertz CT molecular complexity index is 1060. The van der Waals surface area contributed by atoms with Gasteiger partial charge >= 0.3 is 0 Å². The number of H-pyrrole nitrogens is 1. The van der Waals surface area contributed by atoms with Gasteiger partial charge in [0.15, 0.2) is 11.6 Å². The van der Waals surface area contributed by atoms with Crippen molar-refractivity contribution in [2.75, 3.05) is 5.32 Å². The van der Waals surface area contributed by atoms with Crippen LogP contribution in [0.5, 0.6) is 0 Å². The Hall–Kier alpha value is -3.25. The summed E-state index contributed by atoms with van der Waals surface area (Å²) in [6, 6.07) is 17.3. The lowest BCUT2D eigenvalue weighted by molar-refractivity contribution is 0.210. The molecule has 2 aromatic heterocycles. The second-order valence-electron chi connectivity index (χ2n) is 6.32. The largest absolute Gasteiger partial charge is 0.380 e. The lowest BCUT2D eigenvalue weighted by Gasteiger charge is -2.14. The minimum absolute atomic E-state index is 0.349. The number of aromatic amines is 1. The number of rotatable bonds is 4. The molecular weight excluding hydrogens is 326 g/mol. The van der Waals surface area contributed by atoms with Gasteiger partial charge in [0.25, 0.3) is 0 Å². The molecule has 0 fully saturated rings. The first-order chi connectivity index (χ1) is 12.6. The van der Waals surface area contributed by atoms with Gasteiger partial charge in [0.1, 0.15) is 11.9 Å². The SMILES string of the molecule is Cc1ccc([C@@H](O)c2nc(Nc3cc(C)[nH]n3)c3ccccc3n2)cc1. The maximum absolute atomic E-state index is 10.8. The summed E-state index contributed by atoms with van der Waals surface area (Å²) >= 11 is 0. The minimum Gasteiger partial charge on any atom is -0.380 e. The van der Waals surface area contributed by atoms with Gasteiger partial charge in [-0.15, -0.1) is 0 Å². The molecule has 6 nitrogen and oxygen atoms in total. The molecule has 0 bridgehead atoms. The molecule has 2 heterocycles. The highest BCUT2D eigenvalue weighted by atomic mass is 16.3. The smallest absolute Gasteiger partial charge is 0.164 e. The van der Waals surface area contributed by atoms with Crippen molar-refractivity contribution in [3.8, 4) is 0 Å². The normalized spacial score (nSPS) is 12.3. The predicted octanol–water partition coefficient (Wildman–Crippen LogP) is 3.80. The van der Waals surface area contributed by atoms with E-state index in [-0.39, 0.29) is 0 Å². The number of anilines is 2. The van der Waals surface area contributed by atoms with Gasteiger partial charge in [0.05, 0.1) is 5.52 Å². The third-order valence-corrected chi connectivity index (χ3v) is 4.21. The molecule has 0 aliphatic rings. The predicted molar refractivity (Wildman–Crippen MR) is 101 cm³/mol. The third-order valence-electron chi connectivity index (χ3n) is 4.21. The van der Waals surface area contributed by atoms with E-state index in [0.29, 0.717) is 17.5 Å². The molecule has 2 aromatic carbocycles. The van der Waals surface area contributed by atoms with Crippen LogP contribution in [0.1, 0.15) is 28.7 Å². The number of nitrogens with zero attached hydrogens (tertiary/aromatic N) is 3. The Morgan fingerprint density at radius 3 is 2.50 bits per heavy atom. The molecule has 0 spiro atoms.